The Balaban J connectivity index is 2.18. The second-order valence-electron chi connectivity index (χ2n) is 4.34. The molecule has 0 bridgehead atoms. The first-order valence-corrected chi connectivity index (χ1v) is 5.51. The van der Waals surface area contributed by atoms with Gasteiger partial charge in [0, 0.05) is 0 Å². The molecular formula is C14H12NO2-. The summed E-state index contributed by atoms with van der Waals surface area (Å²) in [6.45, 7) is 3.92. The van der Waals surface area contributed by atoms with Gasteiger partial charge in [0.2, 0.25) is 0 Å². The maximum absolute atomic E-state index is 12.2. The molecule has 2 aromatic carbocycles. The van der Waals surface area contributed by atoms with E-state index in [4.69, 9.17) is 4.74 Å². The summed E-state index contributed by atoms with van der Waals surface area (Å²) in [5.41, 5.74) is 3.24. The molecule has 0 radical (unpaired) electrons. The van der Waals surface area contributed by atoms with Crippen LogP contribution in [-0.4, -0.2) is 0 Å². The van der Waals surface area contributed by atoms with Gasteiger partial charge in [0.25, 0.3) is 0 Å². The van der Waals surface area contributed by atoms with E-state index in [0.29, 0.717) is 22.9 Å². The fourth-order valence-electron chi connectivity index (χ4n) is 1.99. The van der Waals surface area contributed by atoms with Crippen LogP contribution in [0.25, 0.3) is 0 Å². The van der Waals surface area contributed by atoms with Gasteiger partial charge in [-0.15, -0.1) is 0 Å². The maximum atomic E-state index is 12.2. The number of hydrogen-bond acceptors (Lipinski definition) is 3. The molecule has 0 fully saturated rings. The quantitative estimate of drug-likeness (QED) is 0.680. The second-order valence-corrected chi connectivity index (χ2v) is 4.34. The third kappa shape index (κ3) is 1.56. The lowest BCUT2D eigenvalue weighted by Gasteiger charge is -2.37. The maximum Gasteiger partial charge on any atom is 0.150 e. The Kier molecular flexibility index (Phi) is 2.09. The minimum Gasteiger partial charge on any atom is -0.754 e. The van der Waals surface area contributed by atoms with Gasteiger partial charge < -0.3 is 15.0 Å². The number of hydrogen-bond donors (Lipinski definition) is 0. The van der Waals surface area contributed by atoms with E-state index >= 15 is 0 Å². The number of fused-ring (bicyclic) bond motifs is 2. The van der Waals surface area contributed by atoms with Crippen LogP contribution < -0.4 is 9.80 Å². The minimum absolute atomic E-state index is 0.572. The Labute approximate surface area is 99.8 Å². The molecule has 1 aliphatic rings. The van der Waals surface area contributed by atoms with Crippen molar-refractivity contribution in [2.45, 2.75) is 13.8 Å². The zero-order valence-electron chi connectivity index (χ0n) is 9.73. The van der Waals surface area contributed by atoms with Gasteiger partial charge in [-0.2, -0.15) is 0 Å². The van der Waals surface area contributed by atoms with Gasteiger partial charge in [-0.05, 0) is 49.2 Å². The average molecular weight is 226 g/mol. The number of nitrogens with zero attached hydrogens (tertiary/aromatic N) is 1. The standard InChI is InChI=1S/C14H12NO2/c1-9-3-5-13-11(7-9)15(16)12-8-10(2)4-6-14(12)17-13/h3-8H,1-2H3/q-1. The molecule has 0 unspecified atom stereocenters. The number of aryl methyl sites for hydroxylation is 2. The van der Waals surface area contributed by atoms with Gasteiger partial charge in [-0.25, -0.2) is 0 Å². The van der Waals surface area contributed by atoms with E-state index in [0.717, 1.165) is 16.2 Å². The third-order valence-corrected chi connectivity index (χ3v) is 2.89. The number of benzene rings is 2. The van der Waals surface area contributed by atoms with Crippen LogP contribution in [-0.2, 0) is 0 Å². The lowest BCUT2D eigenvalue weighted by molar-refractivity contribution is 0.476. The Bertz CT molecular complexity index is 541. The Hall–Kier alpha value is -2.00. The molecule has 0 saturated carbocycles. The first-order valence-electron chi connectivity index (χ1n) is 5.51. The Morgan fingerprint density at radius 3 is 1.82 bits per heavy atom. The number of rotatable bonds is 0. The summed E-state index contributed by atoms with van der Waals surface area (Å²) in [7, 11) is 0. The van der Waals surface area contributed by atoms with E-state index in [1.54, 1.807) is 0 Å². The summed E-state index contributed by atoms with van der Waals surface area (Å²) in [5.74, 6) is 1.23. The van der Waals surface area contributed by atoms with Gasteiger partial charge in [0.1, 0.15) is 11.5 Å². The summed E-state index contributed by atoms with van der Waals surface area (Å²) >= 11 is 0. The third-order valence-electron chi connectivity index (χ3n) is 2.89. The first-order chi connectivity index (χ1) is 8.15. The van der Waals surface area contributed by atoms with Crippen molar-refractivity contribution in [1.29, 1.82) is 0 Å². The van der Waals surface area contributed by atoms with E-state index in [1.165, 1.54) is 0 Å². The predicted molar refractivity (Wildman–Crippen MR) is 67.9 cm³/mol. The Morgan fingerprint density at radius 1 is 0.882 bits per heavy atom. The van der Waals surface area contributed by atoms with E-state index < -0.39 is 0 Å². The molecular weight excluding hydrogens is 214 g/mol. The van der Waals surface area contributed by atoms with Crippen LogP contribution in [0.5, 0.6) is 11.5 Å². The summed E-state index contributed by atoms with van der Waals surface area (Å²) in [6.07, 6.45) is 0. The van der Waals surface area contributed by atoms with Gasteiger partial charge in [0.15, 0.2) is 0 Å². The smallest absolute Gasteiger partial charge is 0.150 e. The average Bonchev–Trinajstić information content (AvgIpc) is 2.32. The second kappa shape index (κ2) is 3.50. The molecule has 0 amide bonds. The molecule has 0 spiro atoms. The van der Waals surface area contributed by atoms with Gasteiger partial charge in [-0.3, -0.25) is 0 Å². The van der Waals surface area contributed by atoms with Crippen LogP contribution in [0.15, 0.2) is 36.4 Å². The lowest BCUT2D eigenvalue weighted by Crippen LogP contribution is -2.13. The van der Waals surface area contributed by atoms with Gasteiger partial charge in [0.05, 0.1) is 11.4 Å². The summed E-state index contributed by atoms with van der Waals surface area (Å²) < 4.78 is 5.72. The van der Waals surface area contributed by atoms with Crippen molar-refractivity contribution in [2.24, 2.45) is 0 Å². The van der Waals surface area contributed by atoms with Crippen LogP contribution >= 0.6 is 0 Å². The van der Waals surface area contributed by atoms with Crippen molar-refractivity contribution in [3.8, 4) is 11.5 Å². The zero-order valence-corrected chi connectivity index (χ0v) is 9.73. The lowest BCUT2D eigenvalue weighted by atomic mass is 10.1. The molecule has 0 N–H and O–H groups in total. The first kappa shape index (κ1) is 10.2. The van der Waals surface area contributed by atoms with Crippen LogP contribution in [0.2, 0.25) is 0 Å². The highest BCUT2D eigenvalue weighted by atomic mass is 16.5. The van der Waals surface area contributed by atoms with Crippen LogP contribution in [0.1, 0.15) is 11.1 Å². The van der Waals surface area contributed by atoms with E-state index in [-0.39, 0.29) is 0 Å². The van der Waals surface area contributed by atoms with E-state index in [1.807, 2.05) is 50.2 Å². The highest BCUT2D eigenvalue weighted by Crippen LogP contribution is 2.46. The molecule has 0 aliphatic carbocycles. The van der Waals surface area contributed by atoms with Gasteiger partial charge in [-0.1, -0.05) is 12.1 Å². The molecule has 3 rings (SSSR count). The largest absolute Gasteiger partial charge is 0.754 e. The fraction of sp³-hybridized carbons (Fsp3) is 0.143. The molecule has 17 heavy (non-hydrogen) atoms. The summed E-state index contributed by atoms with van der Waals surface area (Å²) in [4.78, 5) is 0. The molecule has 1 aliphatic heterocycles. The molecule has 86 valence electrons. The minimum atomic E-state index is 0.572. The zero-order chi connectivity index (χ0) is 12.0. The van der Waals surface area contributed by atoms with Crippen LogP contribution in [0.3, 0.4) is 0 Å². The van der Waals surface area contributed by atoms with Gasteiger partial charge >= 0.3 is 0 Å². The fourth-order valence-corrected chi connectivity index (χ4v) is 1.99. The van der Waals surface area contributed by atoms with Crippen molar-refractivity contribution in [3.63, 3.8) is 0 Å². The highest BCUT2D eigenvalue weighted by molar-refractivity contribution is 5.79. The summed E-state index contributed by atoms with van der Waals surface area (Å²) in [5, 5.41) is 13.2. The van der Waals surface area contributed by atoms with Crippen molar-refractivity contribution in [3.05, 3.63) is 52.7 Å². The van der Waals surface area contributed by atoms with Crippen molar-refractivity contribution in [1.82, 2.24) is 0 Å². The predicted octanol–water partition coefficient (Wildman–Crippen LogP) is 4.05. The molecule has 0 saturated heterocycles. The molecule has 0 aromatic heterocycles. The molecule has 0 atom stereocenters. The van der Waals surface area contributed by atoms with Crippen molar-refractivity contribution in [2.75, 3.05) is 5.06 Å². The number of ether oxygens (including phenoxy) is 1. The summed E-state index contributed by atoms with van der Waals surface area (Å²) in [6, 6.07) is 11.2. The SMILES string of the molecule is Cc1ccc2c(c1)N([O-])c1cc(C)ccc1O2. The van der Waals surface area contributed by atoms with Crippen molar-refractivity contribution < 1.29 is 4.74 Å². The Morgan fingerprint density at radius 2 is 1.35 bits per heavy atom. The van der Waals surface area contributed by atoms with E-state index in [2.05, 4.69) is 0 Å². The van der Waals surface area contributed by atoms with Crippen molar-refractivity contribution >= 4 is 11.4 Å². The monoisotopic (exact) mass is 226 g/mol. The normalized spacial score (nSPS) is 12.8. The topological polar surface area (TPSA) is 35.5 Å². The highest BCUT2D eigenvalue weighted by Gasteiger charge is 2.18. The van der Waals surface area contributed by atoms with E-state index in [9.17, 15) is 5.21 Å². The molecule has 2 aromatic rings. The molecule has 3 heteroatoms. The van der Waals surface area contributed by atoms with Crippen LogP contribution in [0, 0.1) is 19.1 Å². The van der Waals surface area contributed by atoms with Crippen LogP contribution in [0.4, 0.5) is 11.4 Å². The molecule has 1 heterocycles. The molecule has 3 nitrogen and oxygen atoms in total. The number of anilines is 2.